The molecule has 0 bridgehead atoms. The molecule has 0 saturated carbocycles. The number of pyridine rings is 1. The van der Waals surface area contributed by atoms with Crippen molar-refractivity contribution in [3.05, 3.63) is 90.6 Å². The maximum absolute atomic E-state index is 4.81. The van der Waals surface area contributed by atoms with Crippen LogP contribution in [0, 0.1) is 6.92 Å². The van der Waals surface area contributed by atoms with Crippen LogP contribution in [0.25, 0.3) is 33.2 Å². The Morgan fingerprint density at radius 2 is 1.30 bits per heavy atom. The highest BCUT2D eigenvalue weighted by atomic mass is 14.7. The third-order valence-electron chi connectivity index (χ3n) is 4.11. The van der Waals surface area contributed by atoms with Crippen LogP contribution in [-0.4, -0.2) is 4.98 Å². The van der Waals surface area contributed by atoms with Crippen LogP contribution >= 0.6 is 0 Å². The quantitative estimate of drug-likeness (QED) is 0.450. The van der Waals surface area contributed by atoms with Crippen molar-refractivity contribution in [1.82, 2.24) is 4.98 Å². The molecular formula is C22H17N. The van der Waals surface area contributed by atoms with Crippen molar-refractivity contribution in [2.75, 3.05) is 0 Å². The Bertz CT molecular complexity index is 971. The van der Waals surface area contributed by atoms with Gasteiger partial charge in [-0.1, -0.05) is 72.8 Å². The Kier molecular flexibility index (Phi) is 3.39. The summed E-state index contributed by atoms with van der Waals surface area (Å²) in [6.07, 6.45) is 0. The fourth-order valence-electron chi connectivity index (χ4n) is 3.03. The lowest BCUT2D eigenvalue weighted by atomic mass is 9.98. The minimum Gasteiger partial charge on any atom is -0.252 e. The molecule has 0 amide bonds. The number of hydrogen-bond acceptors (Lipinski definition) is 1. The van der Waals surface area contributed by atoms with E-state index in [2.05, 4.69) is 85.8 Å². The summed E-state index contributed by atoms with van der Waals surface area (Å²) < 4.78 is 0. The molecule has 23 heavy (non-hydrogen) atoms. The van der Waals surface area contributed by atoms with Crippen molar-refractivity contribution in [2.24, 2.45) is 0 Å². The number of nitrogens with zero attached hydrogens (tertiary/aromatic N) is 1. The summed E-state index contributed by atoms with van der Waals surface area (Å²) in [5.74, 6) is 0. The van der Waals surface area contributed by atoms with Gasteiger partial charge in [-0.15, -0.1) is 0 Å². The first-order chi connectivity index (χ1) is 11.3. The van der Waals surface area contributed by atoms with Gasteiger partial charge in [0.2, 0.25) is 0 Å². The molecule has 0 N–H and O–H groups in total. The number of aromatic nitrogens is 1. The van der Waals surface area contributed by atoms with Gasteiger partial charge in [0, 0.05) is 16.6 Å². The lowest BCUT2D eigenvalue weighted by Gasteiger charge is -2.10. The lowest BCUT2D eigenvalue weighted by molar-refractivity contribution is 1.23. The molecule has 0 aliphatic carbocycles. The summed E-state index contributed by atoms with van der Waals surface area (Å²) in [5, 5.41) is 2.43. The minimum atomic E-state index is 1.05. The van der Waals surface area contributed by atoms with Gasteiger partial charge < -0.3 is 0 Å². The Labute approximate surface area is 136 Å². The second-order valence-electron chi connectivity index (χ2n) is 5.78. The first-order valence-electron chi connectivity index (χ1n) is 7.83. The Balaban J connectivity index is 1.92. The van der Waals surface area contributed by atoms with Gasteiger partial charge in [0.05, 0.1) is 5.69 Å². The zero-order chi connectivity index (χ0) is 15.6. The molecule has 1 nitrogen and oxygen atoms in total. The highest BCUT2D eigenvalue weighted by Gasteiger charge is 2.08. The van der Waals surface area contributed by atoms with Gasteiger partial charge in [0.25, 0.3) is 0 Å². The van der Waals surface area contributed by atoms with Crippen LogP contribution in [0.3, 0.4) is 0 Å². The lowest BCUT2D eigenvalue weighted by Crippen LogP contribution is -1.90. The molecular weight excluding hydrogens is 278 g/mol. The number of hydrogen-bond donors (Lipinski definition) is 0. The summed E-state index contributed by atoms with van der Waals surface area (Å²) in [7, 11) is 0. The average molecular weight is 295 g/mol. The van der Waals surface area contributed by atoms with E-state index in [1.807, 2.05) is 6.07 Å². The van der Waals surface area contributed by atoms with E-state index in [0.717, 1.165) is 17.0 Å². The van der Waals surface area contributed by atoms with Gasteiger partial charge in [0.15, 0.2) is 0 Å². The molecule has 110 valence electrons. The zero-order valence-corrected chi connectivity index (χ0v) is 13.0. The van der Waals surface area contributed by atoms with Crippen LogP contribution in [0.15, 0.2) is 84.9 Å². The second kappa shape index (κ2) is 5.69. The highest BCUT2D eigenvalue weighted by molar-refractivity contribution is 5.95. The first-order valence-corrected chi connectivity index (χ1v) is 7.83. The smallest absolute Gasteiger partial charge is 0.0783 e. The van der Waals surface area contributed by atoms with E-state index < -0.39 is 0 Å². The van der Waals surface area contributed by atoms with E-state index in [9.17, 15) is 0 Å². The van der Waals surface area contributed by atoms with E-state index in [-0.39, 0.29) is 0 Å². The third-order valence-corrected chi connectivity index (χ3v) is 4.11. The van der Waals surface area contributed by atoms with Crippen LogP contribution < -0.4 is 0 Å². The topological polar surface area (TPSA) is 12.9 Å². The van der Waals surface area contributed by atoms with Gasteiger partial charge in [-0.05, 0) is 35.6 Å². The number of aryl methyl sites for hydroxylation is 1. The van der Waals surface area contributed by atoms with Gasteiger partial charge in [0.1, 0.15) is 0 Å². The standard InChI is InChI=1S/C22H17N/c1-16-14-19-10-5-6-13-21(19)22(23-16)20-12-7-11-18(15-20)17-8-3-2-4-9-17/h2-15H,1H3. The fraction of sp³-hybridized carbons (Fsp3) is 0.0455. The predicted molar refractivity (Wildman–Crippen MR) is 97.4 cm³/mol. The molecule has 1 heteroatoms. The van der Waals surface area contributed by atoms with Crippen LogP contribution in [0.1, 0.15) is 5.69 Å². The van der Waals surface area contributed by atoms with Crippen LogP contribution in [-0.2, 0) is 0 Å². The van der Waals surface area contributed by atoms with Crippen LogP contribution in [0.2, 0.25) is 0 Å². The van der Waals surface area contributed by atoms with Crippen molar-refractivity contribution >= 4 is 10.8 Å². The highest BCUT2D eigenvalue weighted by Crippen LogP contribution is 2.30. The van der Waals surface area contributed by atoms with Gasteiger partial charge in [-0.2, -0.15) is 0 Å². The summed E-state index contributed by atoms with van der Waals surface area (Å²) in [4.78, 5) is 4.81. The largest absolute Gasteiger partial charge is 0.252 e. The summed E-state index contributed by atoms with van der Waals surface area (Å²) in [5.41, 5.74) is 5.70. The molecule has 0 aliphatic heterocycles. The van der Waals surface area contributed by atoms with Crippen LogP contribution in [0.5, 0.6) is 0 Å². The van der Waals surface area contributed by atoms with Crippen molar-refractivity contribution in [3.63, 3.8) is 0 Å². The molecule has 1 aromatic heterocycles. The molecule has 0 fully saturated rings. The SMILES string of the molecule is Cc1cc2ccccc2c(-c2cccc(-c3ccccc3)c2)n1. The van der Waals surface area contributed by atoms with E-state index in [4.69, 9.17) is 4.98 Å². The molecule has 0 radical (unpaired) electrons. The Hall–Kier alpha value is -2.93. The van der Waals surface area contributed by atoms with Crippen molar-refractivity contribution < 1.29 is 0 Å². The van der Waals surface area contributed by atoms with Gasteiger partial charge in [-0.3, -0.25) is 4.98 Å². The summed E-state index contributed by atoms with van der Waals surface area (Å²) in [6.45, 7) is 2.05. The Morgan fingerprint density at radius 1 is 0.609 bits per heavy atom. The molecule has 0 atom stereocenters. The van der Waals surface area contributed by atoms with Crippen LogP contribution in [0.4, 0.5) is 0 Å². The fourth-order valence-corrected chi connectivity index (χ4v) is 3.03. The van der Waals surface area contributed by atoms with Gasteiger partial charge >= 0.3 is 0 Å². The third kappa shape index (κ3) is 2.62. The molecule has 0 spiro atoms. The van der Waals surface area contributed by atoms with Crippen molar-refractivity contribution in [1.29, 1.82) is 0 Å². The average Bonchev–Trinajstić information content (AvgIpc) is 2.62. The van der Waals surface area contributed by atoms with Gasteiger partial charge in [-0.25, -0.2) is 0 Å². The molecule has 0 saturated heterocycles. The first kappa shape index (κ1) is 13.7. The molecule has 0 unspecified atom stereocenters. The number of fused-ring (bicyclic) bond motifs is 1. The summed E-state index contributed by atoms with van der Waals surface area (Å²) in [6, 6.07) is 29.7. The van der Waals surface area contributed by atoms with E-state index in [0.29, 0.717) is 0 Å². The molecule has 4 aromatic rings. The Morgan fingerprint density at radius 3 is 2.17 bits per heavy atom. The predicted octanol–water partition coefficient (Wildman–Crippen LogP) is 5.88. The van der Waals surface area contributed by atoms with E-state index >= 15 is 0 Å². The molecule has 3 aromatic carbocycles. The maximum Gasteiger partial charge on any atom is 0.0783 e. The molecule has 0 aliphatic rings. The second-order valence-corrected chi connectivity index (χ2v) is 5.78. The summed E-state index contributed by atoms with van der Waals surface area (Å²) >= 11 is 0. The van der Waals surface area contributed by atoms with E-state index in [1.54, 1.807) is 0 Å². The zero-order valence-electron chi connectivity index (χ0n) is 13.0. The number of benzene rings is 3. The monoisotopic (exact) mass is 295 g/mol. The normalized spacial score (nSPS) is 10.8. The van der Waals surface area contributed by atoms with Crippen molar-refractivity contribution in [3.8, 4) is 22.4 Å². The van der Waals surface area contributed by atoms with Crippen molar-refractivity contribution in [2.45, 2.75) is 6.92 Å². The molecule has 1 heterocycles. The molecule has 4 rings (SSSR count). The van der Waals surface area contributed by atoms with E-state index in [1.165, 1.54) is 21.9 Å². The number of rotatable bonds is 2. The minimum absolute atomic E-state index is 1.05. The maximum atomic E-state index is 4.81.